The third-order valence-corrected chi connectivity index (χ3v) is 2.35. The van der Waals surface area contributed by atoms with E-state index >= 15 is 0 Å². The molecule has 0 saturated carbocycles. The summed E-state index contributed by atoms with van der Waals surface area (Å²) in [5, 5.41) is 0. The highest BCUT2D eigenvalue weighted by molar-refractivity contribution is 5.57. The fourth-order valence-corrected chi connectivity index (χ4v) is 1.48. The van der Waals surface area contributed by atoms with E-state index in [1.807, 2.05) is 31.4 Å². The zero-order valence-electron chi connectivity index (χ0n) is 10.6. The summed E-state index contributed by atoms with van der Waals surface area (Å²) in [6.45, 7) is 3.24. The third kappa shape index (κ3) is 4.47. The number of rotatable bonds is 7. The first-order chi connectivity index (χ1) is 7.74. The smallest absolute Gasteiger partial charge is 0.230 e. The molecule has 0 spiro atoms. The van der Waals surface area contributed by atoms with Gasteiger partial charge in [0.1, 0.15) is 0 Å². The van der Waals surface area contributed by atoms with Crippen molar-refractivity contribution in [2.24, 2.45) is 4.99 Å². The van der Waals surface area contributed by atoms with Crippen LogP contribution in [0.4, 0.5) is 5.95 Å². The highest BCUT2D eigenvalue weighted by Gasteiger charge is 1.99. The van der Waals surface area contributed by atoms with Gasteiger partial charge in [0.05, 0.1) is 6.34 Å². The molecule has 16 heavy (non-hydrogen) atoms. The van der Waals surface area contributed by atoms with Gasteiger partial charge in [-0.25, -0.2) is 9.98 Å². The largest absolute Gasteiger partial charge is 0.369 e. The van der Waals surface area contributed by atoms with Crippen LogP contribution in [0.25, 0.3) is 0 Å². The molecule has 0 aromatic carbocycles. The van der Waals surface area contributed by atoms with Gasteiger partial charge in [-0.3, -0.25) is 0 Å². The van der Waals surface area contributed by atoms with Crippen molar-refractivity contribution in [1.82, 2.24) is 14.5 Å². The van der Waals surface area contributed by atoms with Crippen LogP contribution in [0, 0.1) is 0 Å². The number of hydrogen-bond donors (Lipinski definition) is 0. The predicted octanol–water partition coefficient (Wildman–Crippen LogP) is 2.68. The molecular weight excluding hydrogens is 200 g/mol. The number of aliphatic imine (C=N–C) groups is 1. The summed E-state index contributed by atoms with van der Waals surface area (Å²) < 4.78 is 2.11. The molecule has 0 atom stereocenters. The zero-order chi connectivity index (χ0) is 11.8. The minimum Gasteiger partial charge on any atom is -0.369 e. The predicted molar refractivity (Wildman–Crippen MR) is 68.2 cm³/mol. The summed E-state index contributed by atoms with van der Waals surface area (Å²) in [5.74, 6) is 0.796. The lowest BCUT2D eigenvalue weighted by Gasteiger charge is -2.05. The lowest BCUT2D eigenvalue weighted by Crippen LogP contribution is -2.07. The topological polar surface area (TPSA) is 33.4 Å². The van der Waals surface area contributed by atoms with Crippen molar-refractivity contribution in [3.05, 3.63) is 12.4 Å². The summed E-state index contributed by atoms with van der Waals surface area (Å²) in [6.07, 6.45) is 10.7. The van der Waals surface area contributed by atoms with Crippen LogP contribution in [0.1, 0.15) is 32.6 Å². The molecule has 1 heterocycles. The molecule has 4 heteroatoms. The molecule has 0 amide bonds. The van der Waals surface area contributed by atoms with Crippen molar-refractivity contribution in [2.45, 2.75) is 39.2 Å². The van der Waals surface area contributed by atoms with Crippen LogP contribution >= 0.6 is 0 Å². The molecule has 1 aromatic rings. The standard InChI is InChI=1S/C12H22N4/c1-4-5-6-7-9-16-10-8-13-12(16)14-11-15(2)3/h8,10-11H,4-7,9H2,1-3H3. The highest BCUT2D eigenvalue weighted by atomic mass is 15.2. The van der Waals surface area contributed by atoms with Crippen molar-refractivity contribution in [1.29, 1.82) is 0 Å². The van der Waals surface area contributed by atoms with Crippen molar-refractivity contribution < 1.29 is 0 Å². The summed E-state index contributed by atoms with van der Waals surface area (Å²) >= 11 is 0. The summed E-state index contributed by atoms with van der Waals surface area (Å²) in [4.78, 5) is 10.5. The molecule has 0 unspecified atom stereocenters. The van der Waals surface area contributed by atoms with Gasteiger partial charge < -0.3 is 9.47 Å². The van der Waals surface area contributed by atoms with E-state index in [2.05, 4.69) is 21.5 Å². The maximum absolute atomic E-state index is 4.32. The van der Waals surface area contributed by atoms with Crippen molar-refractivity contribution >= 4 is 12.3 Å². The Morgan fingerprint density at radius 2 is 2.19 bits per heavy atom. The van der Waals surface area contributed by atoms with Gasteiger partial charge in [-0.2, -0.15) is 0 Å². The van der Waals surface area contributed by atoms with Crippen molar-refractivity contribution in [3.8, 4) is 0 Å². The first kappa shape index (κ1) is 12.7. The Bertz CT molecular complexity index is 315. The maximum Gasteiger partial charge on any atom is 0.230 e. The van der Waals surface area contributed by atoms with Crippen molar-refractivity contribution in [3.63, 3.8) is 0 Å². The van der Waals surface area contributed by atoms with E-state index in [9.17, 15) is 0 Å². The number of aromatic nitrogens is 2. The first-order valence-electron chi connectivity index (χ1n) is 5.95. The highest BCUT2D eigenvalue weighted by Crippen LogP contribution is 2.10. The molecule has 4 nitrogen and oxygen atoms in total. The Hall–Kier alpha value is -1.32. The van der Waals surface area contributed by atoms with Gasteiger partial charge >= 0.3 is 0 Å². The summed E-state index contributed by atoms with van der Waals surface area (Å²) in [6, 6.07) is 0. The monoisotopic (exact) mass is 222 g/mol. The van der Waals surface area contributed by atoms with Crippen LogP contribution in [0.2, 0.25) is 0 Å². The third-order valence-electron chi connectivity index (χ3n) is 2.35. The molecule has 0 fully saturated rings. The molecule has 0 N–H and O–H groups in total. The fourth-order valence-electron chi connectivity index (χ4n) is 1.48. The van der Waals surface area contributed by atoms with Crippen LogP contribution in [0.5, 0.6) is 0 Å². The second-order valence-electron chi connectivity index (χ2n) is 4.19. The normalized spacial score (nSPS) is 11.2. The summed E-state index contributed by atoms with van der Waals surface area (Å²) in [7, 11) is 3.91. The maximum atomic E-state index is 4.32. The molecule has 0 saturated heterocycles. The van der Waals surface area contributed by atoms with E-state index in [1.165, 1.54) is 25.7 Å². The summed E-state index contributed by atoms with van der Waals surface area (Å²) in [5.41, 5.74) is 0. The van der Waals surface area contributed by atoms with Gasteiger partial charge in [-0.05, 0) is 6.42 Å². The number of unbranched alkanes of at least 4 members (excludes halogenated alkanes) is 3. The molecule has 0 aliphatic carbocycles. The van der Waals surface area contributed by atoms with E-state index in [0.717, 1.165) is 12.5 Å². The first-order valence-corrected chi connectivity index (χ1v) is 5.95. The van der Waals surface area contributed by atoms with Gasteiger partial charge in [-0.15, -0.1) is 0 Å². The molecule has 90 valence electrons. The Kier molecular flexibility index (Phi) is 5.61. The van der Waals surface area contributed by atoms with E-state index in [1.54, 1.807) is 6.34 Å². The second-order valence-corrected chi connectivity index (χ2v) is 4.19. The average Bonchev–Trinajstić information content (AvgIpc) is 2.69. The molecule has 1 rings (SSSR count). The molecule has 1 aromatic heterocycles. The Morgan fingerprint density at radius 3 is 2.88 bits per heavy atom. The number of hydrogen-bond acceptors (Lipinski definition) is 2. The SMILES string of the molecule is CCCCCCn1ccnc1N=CN(C)C. The molecule has 0 aliphatic rings. The zero-order valence-corrected chi connectivity index (χ0v) is 10.6. The van der Waals surface area contributed by atoms with Gasteiger partial charge in [0.15, 0.2) is 0 Å². The Labute approximate surface area is 98.0 Å². The van der Waals surface area contributed by atoms with Gasteiger partial charge in [0.2, 0.25) is 5.95 Å². The van der Waals surface area contributed by atoms with Gasteiger partial charge in [-0.1, -0.05) is 26.2 Å². The Morgan fingerprint density at radius 1 is 1.38 bits per heavy atom. The fraction of sp³-hybridized carbons (Fsp3) is 0.667. The van der Waals surface area contributed by atoms with E-state index in [0.29, 0.717) is 0 Å². The van der Waals surface area contributed by atoms with Crippen LogP contribution < -0.4 is 0 Å². The van der Waals surface area contributed by atoms with E-state index < -0.39 is 0 Å². The van der Waals surface area contributed by atoms with Crippen LogP contribution in [-0.2, 0) is 6.54 Å². The van der Waals surface area contributed by atoms with Crippen LogP contribution in [0.15, 0.2) is 17.4 Å². The van der Waals surface area contributed by atoms with E-state index in [4.69, 9.17) is 0 Å². The Balaban J connectivity index is 2.44. The van der Waals surface area contributed by atoms with Crippen LogP contribution in [0.3, 0.4) is 0 Å². The molecule has 0 bridgehead atoms. The lowest BCUT2D eigenvalue weighted by molar-refractivity contribution is 0.583. The molecular formula is C12H22N4. The van der Waals surface area contributed by atoms with E-state index in [-0.39, 0.29) is 0 Å². The van der Waals surface area contributed by atoms with Gasteiger partial charge in [0.25, 0.3) is 0 Å². The minimum atomic E-state index is 0.796. The molecule has 0 radical (unpaired) electrons. The quantitative estimate of drug-likeness (QED) is 0.404. The van der Waals surface area contributed by atoms with Crippen molar-refractivity contribution in [2.75, 3.05) is 14.1 Å². The second kappa shape index (κ2) is 7.04. The number of aryl methyl sites for hydroxylation is 1. The lowest BCUT2D eigenvalue weighted by atomic mass is 10.2. The molecule has 0 aliphatic heterocycles. The average molecular weight is 222 g/mol. The number of nitrogens with zero attached hydrogens (tertiary/aromatic N) is 4. The van der Waals surface area contributed by atoms with Gasteiger partial charge in [0, 0.05) is 33.0 Å². The van der Waals surface area contributed by atoms with Crippen LogP contribution in [-0.4, -0.2) is 34.9 Å². The minimum absolute atomic E-state index is 0.796. The number of imidazole rings is 1.